The van der Waals surface area contributed by atoms with E-state index in [2.05, 4.69) is 14.7 Å². The molecule has 0 unspecified atom stereocenters. The molecule has 22 heavy (non-hydrogen) atoms. The van der Waals surface area contributed by atoms with Gasteiger partial charge in [0.1, 0.15) is 4.88 Å². The molecule has 1 atom stereocenters. The molecule has 0 spiro atoms. The van der Waals surface area contributed by atoms with Crippen molar-refractivity contribution in [1.82, 2.24) is 19.0 Å². The Morgan fingerprint density at radius 1 is 1.50 bits per heavy atom. The quantitative estimate of drug-likeness (QED) is 0.844. The first kappa shape index (κ1) is 15.6. The molecule has 120 valence electrons. The highest BCUT2D eigenvalue weighted by Gasteiger charge is 2.32. The maximum absolute atomic E-state index is 12.1. The number of rotatable bonds is 4. The van der Waals surface area contributed by atoms with Crippen LogP contribution in [0.4, 0.5) is 0 Å². The van der Waals surface area contributed by atoms with Gasteiger partial charge in [-0.2, -0.15) is 0 Å². The van der Waals surface area contributed by atoms with E-state index in [-0.39, 0.29) is 11.7 Å². The first-order valence-electron chi connectivity index (χ1n) is 7.25. The lowest BCUT2D eigenvalue weighted by Gasteiger charge is -2.30. The molecule has 0 amide bonds. The van der Waals surface area contributed by atoms with Crippen molar-refractivity contribution in [3.8, 4) is 10.6 Å². The van der Waals surface area contributed by atoms with E-state index in [4.69, 9.17) is 4.52 Å². The Balaban J connectivity index is 1.87. The van der Waals surface area contributed by atoms with Gasteiger partial charge in [0.2, 0.25) is 10.0 Å². The molecule has 0 aliphatic carbocycles. The average Bonchev–Trinajstić information content (AvgIpc) is 3.15. The lowest BCUT2D eigenvalue weighted by Crippen LogP contribution is -2.40. The zero-order valence-electron chi connectivity index (χ0n) is 12.5. The first-order chi connectivity index (χ1) is 10.5. The van der Waals surface area contributed by atoms with Crippen LogP contribution in [0.25, 0.3) is 10.6 Å². The van der Waals surface area contributed by atoms with Crippen molar-refractivity contribution in [2.75, 3.05) is 18.8 Å². The Hall–Kier alpha value is -1.32. The molecule has 3 heterocycles. The van der Waals surface area contributed by atoms with E-state index in [1.807, 2.05) is 13.0 Å². The van der Waals surface area contributed by atoms with Crippen molar-refractivity contribution >= 4 is 21.6 Å². The smallest absolute Gasteiger partial charge is 0.213 e. The van der Waals surface area contributed by atoms with E-state index >= 15 is 0 Å². The highest BCUT2D eigenvalue weighted by atomic mass is 32.2. The minimum atomic E-state index is -3.17. The van der Waals surface area contributed by atoms with Crippen LogP contribution in [0.5, 0.6) is 0 Å². The maximum atomic E-state index is 12.1. The van der Waals surface area contributed by atoms with Gasteiger partial charge < -0.3 is 4.52 Å². The molecule has 1 aliphatic rings. The number of nitrogens with zero attached hydrogens (tertiary/aromatic N) is 4. The van der Waals surface area contributed by atoms with Crippen LogP contribution in [0, 0.1) is 6.92 Å². The predicted octanol–water partition coefficient (Wildman–Crippen LogP) is 2.03. The molecule has 2 aromatic rings. The van der Waals surface area contributed by atoms with Crippen LogP contribution in [0.2, 0.25) is 0 Å². The third-order valence-electron chi connectivity index (χ3n) is 3.89. The van der Waals surface area contributed by atoms with E-state index in [0.717, 1.165) is 29.1 Å². The van der Waals surface area contributed by atoms with Crippen molar-refractivity contribution in [3.05, 3.63) is 17.5 Å². The normalized spacial score (nSPS) is 20.4. The van der Waals surface area contributed by atoms with E-state index in [1.165, 1.54) is 11.5 Å². The number of piperidine rings is 1. The van der Waals surface area contributed by atoms with Crippen molar-refractivity contribution in [3.63, 3.8) is 0 Å². The minimum absolute atomic E-state index is 0.0502. The molecule has 3 rings (SSSR count). The summed E-state index contributed by atoms with van der Waals surface area (Å²) in [4.78, 5) is 0.848. The summed E-state index contributed by atoms with van der Waals surface area (Å²) in [5.41, 5.74) is 1.62. The fourth-order valence-corrected chi connectivity index (χ4v) is 4.58. The Morgan fingerprint density at radius 2 is 2.32 bits per heavy atom. The van der Waals surface area contributed by atoms with Gasteiger partial charge in [-0.1, -0.05) is 9.64 Å². The van der Waals surface area contributed by atoms with Crippen molar-refractivity contribution in [2.24, 2.45) is 0 Å². The van der Waals surface area contributed by atoms with Gasteiger partial charge in [0.15, 0.2) is 5.76 Å². The number of hydrogen-bond donors (Lipinski definition) is 0. The van der Waals surface area contributed by atoms with Gasteiger partial charge in [0, 0.05) is 25.1 Å². The molecule has 1 fully saturated rings. The maximum Gasteiger partial charge on any atom is 0.213 e. The topological polar surface area (TPSA) is 89.2 Å². The second-order valence-corrected chi connectivity index (χ2v) is 8.43. The summed E-state index contributed by atoms with van der Waals surface area (Å²) in [6, 6.07) is 1.85. The van der Waals surface area contributed by atoms with Gasteiger partial charge in [-0.15, -0.1) is 5.10 Å². The predicted molar refractivity (Wildman–Crippen MR) is 83.2 cm³/mol. The van der Waals surface area contributed by atoms with Gasteiger partial charge in [-0.25, -0.2) is 12.7 Å². The summed E-state index contributed by atoms with van der Waals surface area (Å²) >= 11 is 1.26. The molecule has 0 radical (unpaired) electrons. The molecular formula is C13H18N4O3S2. The Bertz CT molecular complexity index is 753. The number of aromatic nitrogens is 3. The number of aryl methyl sites for hydroxylation is 1. The van der Waals surface area contributed by atoms with Crippen molar-refractivity contribution in [1.29, 1.82) is 0 Å². The van der Waals surface area contributed by atoms with Crippen LogP contribution in [0.15, 0.2) is 10.6 Å². The van der Waals surface area contributed by atoms with Crippen LogP contribution < -0.4 is 0 Å². The van der Waals surface area contributed by atoms with E-state index in [9.17, 15) is 8.42 Å². The van der Waals surface area contributed by atoms with Crippen LogP contribution >= 0.6 is 11.5 Å². The van der Waals surface area contributed by atoms with Crippen LogP contribution in [0.3, 0.4) is 0 Å². The average molecular weight is 342 g/mol. The van der Waals surface area contributed by atoms with Gasteiger partial charge in [-0.05, 0) is 38.2 Å². The molecule has 1 aliphatic heterocycles. The zero-order chi connectivity index (χ0) is 15.7. The SMILES string of the molecule is CCS(=O)(=O)N1CCC[C@H](c2nnsc2-c2cc(C)no2)C1. The standard InChI is InChI=1S/C13H18N4O3S2/c1-3-22(18,19)17-6-4-5-10(8-17)12-13(21-16-14-12)11-7-9(2)15-20-11/h7,10H,3-6,8H2,1-2H3/t10-/m0/s1. The van der Waals surface area contributed by atoms with Crippen LogP contribution in [-0.4, -0.2) is 46.3 Å². The molecule has 0 bridgehead atoms. The number of hydrogen-bond acceptors (Lipinski definition) is 7. The van der Waals surface area contributed by atoms with Crippen LogP contribution in [0.1, 0.15) is 37.1 Å². The van der Waals surface area contributed by atoms with Gasteiger partial charge in [0.05, 0.1) is 17.1 Å². The summed E-state index contributed by atoms with van der Waals surface area (Å²) in [5.74, 6) is 0.829. The van der Waals surface area contributed by atoms with Crippen LogP contribution in [-0.2, 0) is 10.0 Å². The lowest BCUT2D eigenvalue weighted by molar-refractivity contribution is 0.313. The third kappa shape index (κ3) is 2.92. The van der Waals surface area contributed by atoms with Crippen molar-refractivity contribution < 1.29 is 12.9 Å². The minimum Gasteiger partial charge on any atom is -0.355 e. The second-order valence-electron chi connectivity index (χ2n) is 5.42. The molecule has 0 aromatic carbocycles. The molecule has 0 saturated carbocycles. The van der Waals surface area contributed by atoms with Gasteiger partial charge >= 0.3 is 0 Å². The molecule has 2 aromatic heterocycles. The van der Waals surface area contributed by atoms with Gasteiger partial charge in [0.25, 0.3) is 0 Å². The van der Waals surface area contributed by atoms with Crippen molar-refractivity contribution in [2.45, 2.75) is 32.6 Å². The largest absolute Gasteiger partial charge is 0.355 e. The summed E-state index contributed by atoms with van der Waals surface area (Å²) in [5, 5.41) is 8.12. The molecule has 1 saturated heterocycles. The number of sulfonamides is 1. The van der Waals surface area contributed by atoms with Gasteiger partial charge in [-0.3, -0.25) is 0 Å². The highest BCUT2D eigenvalue weighted by molar-refractivity contribution is 7.89. The Labute approximate surface area is 133 Å². The molecule has 7 nitrogen and oxygen atoms in total. The molecule has 9 heteroatoms. The fourth-order valence-electron chi connectivity index (χ4n) is 2.71. The third-order valence-corrected chi connectivity index (χ3v) is 6.50. The summed E-state index contributed by atoms with van der Waals surface area (Å²) in [6.45, 7) is 4.58. The van der Waals surface area contributed by atoms with E-state index < -0.39 is 10.0 Å². The lowest BCUT2D eigenvalue weighted by atomic mass is 9.95. The first-order valence-corrected chi connectivity index (χ1v) is 9.63. The summed E-state index contributed by atoms with van der Waals surface area (Å²) < 4.78 is 35.1. The Kier molecular flexibility index (Phi) is 4.28. The highest BCUT2D eigenvalue weighted by Crippen LogP contribution is 2.36. The Morgan fingerprint density at radius 3 is 3.00 bits per heavy atom. The zero-order valence-corrected chi connectivity index (χ0v) is 14.2. The second kappa shape index (κ2) is 6.05. The fraction of sp³-hybridized carbons (Fsp3) is 0.615. The monoisotopic (exact) mass is 342 g/mol. The van der Waals surface area contributed by atoms with E-state index in [0.29, 0.717) is 18.8 Å². The summed E-state index contributed by atoms with van der Waals surface area (Å²) in [6.07, 6.45) is 1.73. The molecular weight excluding hydrogens is 324 g/mol. The van der Waals surface area contributed by atoms with E-state index in [1.54, 1.807) is 11.2 Å². The molecule has 0 N–H and O–H groups in total. The summed E-state index contributed by atoms with van der Waals surface area (Å²) in [7, 11) is -3.17.